The summed E-state index contributed by atoms with van der Waals surface area (Å²) in [4.78, 5) is 29.4. The molecule has 0 spiro atoms. The van der Waals surface area contributed by atoms with E-state index in [0.717, 1.165) is 17.5 Å². The van der Waals surface area contributed by atoms with Gasteiger partial charge >= 0.3 is 0 Å². The number of hydrazine groups is 1. The molecular weight excluding hydrogens is 394 g/mol. The van der Waals surface area contributed by atoms with Gasteiger partial charge in [0.1, 0.15) is 6.54 Å². The van der Waals surface area contributed by atoms with Gasteiger partial charge in [-0.3, -0.25) is 20.0 Å². The van der Waals surface area contributed by atoms with Gasteiger partial charge in [0, 0.05) is 25.0 Å². The second-order valence-electron chi connectivity index (χ2n) is 7.14. The third-order valence-electron chi connectivity index (χ3n) is 4.87. The Kier molecular flexibility index (Phi) is 7.23. The predicted molar refractivity (Wildman–Crippen MR) is 122 cm³/mol. The second-order valence-corrected chi connectivity index (χ2v) is 7.14. The van der Waals surface area contributed by atoms with E-state index >= 15 is 0 Å². The molecule has 3 aromatic rings. The third-order valence-corrected chi connectivity index (χ3v) is 4.87. The molecule has 162 valence electrons. The van der Waals surface area contributed by atoms with Crippen molar-refractivity contribution < 1.29 is 4.79 Å². The van der Waals surface area contributed by atoms with E-state index in [0.29, 0.717) is 23.6 Å². The van der Waals surface area contributed by atoms with Gasteiger partial charge in [0.25, 0.3) is 5.56 Å². The van der Waals surface area contributed by atoms with Crippen LogP contribution in [0.1, 0.15) is 16.8 Å². The number of aromatic nitrogens is 2. The quantitative estimate of drug-likeness (QED) is 0.200. The van der Waals surface area contributed by atoms with Gasteiger partial charge in [-0.25, -0.2) is 4.98 Å². The van der Waals surface area contributed by atoms with Crippen LogP contribution in [-0.2, 0) is 24.3 Å². The first kappa shape index (κ1) is 21.8. The number of nitrogen functional groups attached to an aromatic ring is 2. The normalized spacial score (nSPS) is 10.5. The van der Waals surface area contributed by atoms with Gasteiger partial charge < -0.3 is 21.8 Å². The molecule has 0 atom stereocenters. The lowest BCUT2D eigenvalue weighted by Gasteiger charge is -2.13. The maximum Gasteiger partial charge on any atom is 0.293 e. The molecule has 3 rings (SSSR count). The van der Waals surface area contributed by atoms with E-state index in [2.05, 4.69) is 21.0 Å². The fourth-order valence-corrected chi connectivity index (χ4v) is 3.11. The van der Waals surface area contributed by atoms with Crippen LogP contribution in [0.5, 0.6) is 0 Å². The van der Waals surface area contributed by atoms with E-state index in [1.54, 1.807) is 25.3 Å². The number of aryl methyl sites for hydroxylation is 1. The molecule has 0 aliphatic rings. The van der Waals surface area contributed by atoms with Crippen LogP contribution in [0.25, 0.3) is 0 Å². The fraction of sp³-hybridized carbons (Fsp3) is 0.227. The molecule has 9 nitrogen and oxygen atoms in total. The summed E-state index contributed by atoms with van der Waals surface area (Å²) in [7, 11) is 0. The molecule has 1 aromatic heterocycles. The highest BCUT2D eigenvalue weighted by Gasteiger charge is 2.12. The van der Waals surface area contributed by atoms with Crippen molar-refractivity contribution in [1.29, 1.82) is 0 Å². The third kappa shape index (κ3) is 5.83. The molecule has 2 aromatic carbocycles. The summed E-state index contributed by atoms with van der Waals surface area (Å²) in [6.07, 6.45) is 2.34. The Morgan fingerprint density at radius 3 is 2.61 bits per heavy atom. The number of hydrogen-bond donors (Lipinski definition) is 5. The number of nitrogens with two attached hydrogens (primary N) is 2. The summed E-state index contributed by atoms with van der Waals surface area (Å²) < 4.78 is 1.41. The van der Waals surface area contributed by atoms with Crippen molar-refractivity contribution in [3.8, 4) is 0 Å². The molecule has 0 unspecified atom stereocenters. The Labute approximate surface area is 180 Å². The Bertz CT molecular complexity index is 1100. The van der Waals surface area contributed by atoms with Crippen LogP contribution in [0.2, 0.25) is 0 Å². The number of nitrogens with one attached hydrogen (secondary N) is 3. The molecule has 0 radical (unpaired) electrons. The number of rotatable bonds is 9. The molecule has 0 aliphatic heterocycles. The zero-order valence-electron chi connectivity index (χ0n) is 17.4. The number of hydrogen-bond acceptors (Lipinski definition) is 7. The van der Waals surface area contributed by atoms with E-state index in [9.17, 15) is 9.59 Å². The average Bonchev–Trinajstić information content (AvgIpc) is 2.77. The first-order valence-electron chi connectivity index (χ1n) is 9.94. The minimum absolute atomic E-state index is 0.0987. The molecule has 1 amide bonds. The molecule has 0 bridgehead atoms. The van der Waals surface area contributed by atoms with Gasteiger partial charge in [0.15, 0.2) is 5.82 Å². The number of carbonyl (C=O) groups is 1. The standard InChI is InChI=1S/C22H27N7O2/c1-15-12-27-21(25-10-9-16-5-3-2-4-6-16)22(31)29(15)14-20(30)26-13-17-7-8-19(28-24)18(23)11-17/h2-8,11-12,28H,9-10,13-14,23-24H2,1H3,(H,25,27)(H,26,30). The summed E-state index contributed by atoms with van der Waals surface area (Å²) in [6, 6.07) is 15.2. The van der Waals surface area contributed by atoms with Crippen molar-refractivity contribution in [2.45, 2.75) is 26.4 Å². The number of anilines is 3. The highest BCUT2D eigenvalue weighted by atomic mass is 16.2. The smallest absolute Gasteiger partial charge is 0.293 e. The highest BCUT2D eigenvalue weighted by molar-refractivity contribution is 5.76. The maximum atomic E-state index is 12.8. The van der Waals surface area contributed by atoms with E-state index in [-0.39, 0.29) is 30.4 Å². The molecule has 0 saturated heterocycles. The van der Waals surface area contributed by atoms with Gasteiger partial charge in [-0.1, -0.05) is 36.4 Å². The van der Waals surface area contributed by atoms with Crippen molar-refractivity contribution in [2.75, 3.05) is 23.0 Å². The van der Waals surface area contributed by atoms with Crippen LogP contribution in [0.15, 0.2) is 59.5 Å². The molecular formula is C22H27N7O2. The van der Waals surface area contributed by atoms with Crippen molar-refractivity contribution >= 4 is 23.1 Å². The van der Waals surface area contributed by atoms with E-state index < -0.39 is 0 Å². The molecule has 31 heavy (non-hydrogen) atoms. The highest BCUT2D eigenvalue weighted by Crippen LogP contribution is 2.18. The summed E-state index contributed by atoms with van der Waals surface area (Å²) in [6.45, 7) is 2.50. The van der Waals surface area contributed by atoms with Crippen LogP contribution in [-0.4, -0.2) is 22.0 Å². The molecule has 0 aliphatic carbocycles. The van der Waals surface area contributed by atoms with Crippen LogP contribution >= 0.6 is 0 Å². The van der Waals surface area contributed by atoms with Crippen molar-refractivity contribution in [3.05, 3.63) is 81.9 Å². The van der Waals surface area contributed by atoms with Crippen molar-refractivity contribution in [3.63, 3.8) is 0 Å². The zero-order valence-corrected chi connectivity index (χ0v) is 17.4. The average molecular weight is 422 g/mol. The van der Waals surface area contributed by atoms with Gasteiger partial charge in [-0.2, -0.15) is 0 Å². The molecule has 0 fully saturated rings. The molecule has 9 heteroatoms. The van der Waals surface area contributed by atoms with Crippen LogP contribution in [0, 0.1) is 6.92 Å². The van der Waals surface area contributed by atoms with Crippen LogP contribution in [0.4, 0.5) is 17.2 Å². The van der Waals surface area contributed by atoms with Crippen molar-refractivity contribution in [2.24, 2.45) is 5.84 Å². The van der Waals surface area contributed by atoms with Gasteiger partial charge in [-0.15, -0.1) is 0 Å². The van der Waals surface area contributed by atoms with Crippen LogP contribution < -0.4 is 33.2 Å². The Balaban J connectivity index is 1.60. The number of carbonyl (C=O) groups excluding carboxylic acids is 1. The van der Waals surface area contributed by atoms with Gasteiger partial charge in [0.05, 0.1) is 11.4 Å². The monoisotopic (exact) mass is 421 g/mol. The minimum Gasteiger partial charge on any atom is -0.397 e. The van der Waals surface area contributed by atoms with E-state index in [1.165, 1.54) is 4.57 Å². The van der Waals surface area contributed by atoms with Crippen LogP contribution in [0.3, 0.4) is 0 Å². The molecule has 7 N–H and O–H groups in total. The second kappa shape index (κ2) is 10.3. The number of nitrogens with zero attached hydrogens (tertiary/aromatic N) is 2. The summed E-state index contributed by atoms with van der Waals surface area (Å²) >= 11 is 0. The first-order chi connectivity index (χ1) is 15.0. The largest absolute Gasteiger partial charge is 0.397 e. The molecule has 0 saturated carbocycles. The van der Waals surface area contributed by atoms with E-state index in [1.807, 2.05) is 36.4 Å². The van der Waals surface area contributed by atoms with E-state index in [4.69, 9.17) is 11.6 Å². The van der Waals surface area contributed by atoms with Crippen molar-refractivity contribution in [1.82, 2.24) is 14.9 Å². The Morgan fingerprint density at radius 2 is 1.90 bits per heavy atom. The predicted octanol–water partition coefficient (Wildman–Crippen LogP) is 1.39. The topological polar surface area (TPSA) is 140 Å². The summed E-state index contributed by atoms with van der Waals surface area (Å²) in [5.74, 6) is 5.31. The lowest BCUT2D eigenvalue weighted by molar-refractivity contribution is -0.121. The summed E-state index contributed by atoms with van der Waals surface area (Å²) in [5, 5.41) is 5.88. The number of amides is 1. The zero-order chi connectivity index (χ0) is 22.2. The maximum absolute atomic E-state index is 12.8. The first-order valence-corrected chi connectivity index (χ1v) is 9.94. The SMILES string of the molecule is Cc1cnc(NCCc2ccccc2)c(=O)n1CC(=O)NCc1ccc(NN)c(N)c1. The Morgan fingerprint density at radius 1 is 1.13 bits per heavy atom. The number of benzene rings is 2. The van der Waals surface area contributed by atoms with Gasteiger partial charge in [0.2, 0.25) is 5.91 Å². The summed E-state index contributed by atoms with van der Waals surface area (Å²) in [5.41, 5.74) is 11.8. The Hall–Kier alpha value is -3.85. The minimum atomic E-state index is -0.328. The lowest BCUT2D eigenvalue weighted by Crippen LogP contribution is -2.34. The fourth-order valence-electron chi connectivity index (χ4n) is 3.11. The molecule has 1 heterocycles. The van der Waals surface area contributed by atoms with Gasteiger partial charge in [-0.05, 0) is 36.6 Å². The lowest BCUT2D eigenvalue weighted by atomic mass is 10.1.